The lowest BCUT2D eigenvalue weighted by Crippen LogP contribution is -2.38. The fourth-order valence-corrected chi connectivity index (χ4v) is 2.70. The molecule has 0 aliphatic carbocycles. The summed E-state index contributed by atoms with van der Waals surface area (Å²) >= 11 is 0. The Balaban J connectivity index is 0.00000392. The molecule has 0 saturated heterocycles. The molecule has 1 unspecified atom stereocenters. The van der Waals surface area contributed by atoms with Gasteiger partial charge in [-0.25, -0.2) is 9.38 Å². The molecule has 3 N–H and O–H groups in total. The minimum absolute atomic E-state index is 0. The maximum atomic E-state index is 13.1. The predicted octanol–water partition coefficient (Wildman–Crippen LogP) is 3.17. The SMILES string of the molecule is COc1ccc(CN=C(N)NCC(c2ccc(F)cc2)N(C)C)cc1OC.I. The van der Waals surface area contributed by atoms with Crippen LogP contribution in [0.25, 0.3) is 0 Å². The first-order valence-electron chi connectivity index (χ1n) is 8.61. The Bertz CT molecular complexity index is 769. The summed E-state index contributed by atoms with van der Waals surface area (Å²) in [5.41, 5.74) is 7.96. The first-order valence-corrected chi connectivity index (χ1v) is 8.61. The molecule has 2 rings (SSSR count). The van der Waals surface area contributed by atoms with Crippen molar-refractivity contribution in [3.8, 4) is 11.5 Å². The summed E-state index contributed by atoms with van der Waals surface area (Å²) in [6.07, 6.45) is 0. The number of hydrogen-bond acceptors (Lipinski definition) is 4. The summed E-state index contributed by atoms with van der Waals surface area (Å²) in [5.74, 6) is 1.42. The van der Waals surface area contributed by atoms with Crippen molar-refractivity contribution in [1.82, 2.24) is 10.2 Å². The number of nitrogens with two attached hydrogens (primary N) is 1. The molecule has 6 nitrogen and oxygen atoms in total. The summed E-state index contributed by atoms with van der Waals surface area (Å²) in [6.45, 7) is 0.974. The molecule has 8 heteroatoms. The van der Waals surface area contributed by atoms with E-state index in [2.05, 4.69) is 10.3 Å². The lowest BCUT2D eigenvalue weighted by Gasteiger charge is -2.25. The molecule has 0 spiro atoms. The zero-order valence-electron chi connectivity index (χ0n) is 16.6. The maximum absolute atomic E-state index is 13.1. The molecule has 0 saturated carbocycles. The van der Waals surface area contributed by atoms with Crippen LogP contribution < -0.4 is 20.5 Å². The third-order valence-corrected chi connectivity index (χ3v) is 4.23. The number of rotatable bonds is 8. The van der Waals surface area contributed by atoms with Crippen LogP contribution in [-0.2, 0) is 6.54 Å². The number of guanidine groups is 1. The van der Waals surface area contributed by atoms with Crippen LogP contribution in [0.3, 0.4) is 0 Å². The van der Waals surface area contributed by atoms with Gasteiger partial charge in [-0.1, -0.05) is 18.2 Å². The minimum Gasteiger partial charge on any atom is -0.493 e. The topological polar surface area (TPSA) is 72.1 Å². The van der Waals surface area contributed by atoms with Gasteiger partial charge in [0.05, 0.1) is 26.8 Å². The highest BCUT2D eigenvalue weighted by Crippen LogP contribution is 2.27. The molecule has 0 heterocycles. The second-order valence-corrected chi connectivity index (χ2v) is 6.30. The Labute approximate surface area is 182 Å². The van der Waals surface area contributed by atoms with E-state index in [1.807, 2.05) is 37.2 Å². The summed E-state index contributed by atoms with van der Waals surface area (Å²) in [5, 5.41) is 3.13. The molecular weight excluding hydrogens is 474 g/mol. The van der Waals surface area contributed by atoms with Gasteiger partial charge >= 0.3 is 0 Å². The highest BCUT2D eigenvalue weighted by molar-refractivity contribution is 14.0. The Hall–Kier alpha value is -2.07. The number of likely N-dealkylation sites (N-methyl/N-ethyl adjacent to an activating group) is 1. The van der Waals surface area contributed by atoms with Crippen molar-refractivity contribution in [2.75, 3.05) is 34.9 Å². The zero-order valence-corrected chi connectivity index (χ0v) is 18.9. The fraction of sp³-hybridized carbons (Fsp3) is 0.350. The Morgan fingerprint density at radius 2 is 1.75 bits per heavy atom. The second-order valence-electron chi connectivity index (χ2n) is 6.30. The number of nitrogens with zero attached hydrogens (tertiary/aromatic N) is 2. The van der Waals surface area contributed by atoms with Crippen LogP contribution in [0.15, 0.2) is 47.5 Å². The molecule has 2 aromatic carbocycles. The average molecular weight is 502 g/mol. The van der Waals surface area contributed by atoms with E-state index in [0.29, 0.717) is 30.5 Å². The normalized spacial score (nSPS) is 12.3. The smallest absolute Gasteiger partial charge is 0.188 e. The lowest BCUT2D eigenvalue weighted by atomic mass is 10.1. The Kier molecular flexibility index (Phi) is 10.0. The van der Waals surface area contributed by atoms with Gasteiger partial charge in [-0.05, 0) is 49.5 Å². The van der Waals surface area contributed by atoms with Crippen molar-refractivity contribution in [1.29, 1.82) is 0 Å². The highest BCUT2D eigenvalue weighted by atomic mass is 127. The largest absolute Gasteiger partial charge is 0.493 e. The van der Waals surface area contributed by atoms with E-state index in [1.165, 1.54) is 12.1 Å². The third-order valence-electron chi connectivity index (χ3n) is 4.23. The van der Waals surface area contributed by atoms with Crippen molar-refractivity contribution in [3.05, 3.63) is 59.4 Å². The second kappa shape index (κ2) is 11.7. The zero-order chi connectivity index (χ0) is 19.8. The van der Waals surface area contributed by atoms with Gasteiger partial charge in [0.2, 0.25) is 0 Å². The van der Waals surface area contributed by atoms with Gasteiger partial charge in [0, 0.05) is 6.54 Å². The molecular formula is C20H28FIN4O2. The molecule has 28 heavy (non-hydrogen) atoms. The van der Waals surface area contributed by atoms with Crippen molar-refractivity contribution < 1.29 is 13.9 Å². The van der Waals surface area contributed by atoms with E-state index < -0.39 is 0 Å². The van der Waals surface area contributed by atoms with Gasteiger partial charge in [0.25, 0.3) is 0 Å². The van der Waals surface area contributed by atoms with Crippen LogP contribution in [0.2, 0.25) is 0 Å². The van der Waals surface area contributed by atoms with Gasteiger partial charge < -0.3 is 25.4 Å². The number of hydrogen-bond donors (Lipinski definition) is 2. The van der Waals surface area contributed by atoms with Gasteiger partial charge in [-0.15, -0.1) is 24.0 Å². The number of methoxy groups -OCH3 is 2. The first-order chi connectivity index (χ1) is 12.9. The lowest BCUT2D eigenvalue weighted by molar-refractivity contribution is 0.298. The Morgan fingerprint density at radius 1 is 1.11 bits per heavy atom. The van der Waals surface area contributed by atoms with E-state index in [1.54, 1.807) is 26.4 Å². The van der Waals surface area contributed by atoms with Crippen LogP contribution in [0.1, 0.15) is 17.2 Å². The molecule has 0 radical (unpaired) electrons. The standard InChI is InChI=1S/C20H27FN4O2.HI/c1-25(2)17(15-6-8-16(21)9-7-15)13-24-20(22)23-12-14-5-10-18(26-3)19(11-14)27-4;/h5-11,17H,12-13H2,1-4H3,(H3,22,23,24);1H. The molecule has 0 aliphatic rings. The molecule has 154 valence electrons. The fourth-order valence-electron chi connectivity index (χ4n) is 2.70. The quantitative estimate of drug-likeness (QED) is 0.330. The van der Waals surface area contributed by atoms with Crippen molar-refractivity contribution in [2.24, 2.45) is 10.7 Å². The van der Waals surface area contributed by atoms with Gasteiger partial charge in [-0.3, -0.25) is 0 Å². The number of benzene rings is 2. The minimum atomic E-state index is -0.250. The molecule has 1 atom stereocenters. The van der Waals surface area contributed by atoms with Crippen LogP contribution in [0.5, 0.6) is 11.5 Å². The van der Waals surface area contributed by atoms with E-state index in [4.69, 9.17) is 15.2 Å². The van der Waals surface area contributed by atoms with Crippen LogP contribution in [0, 0.1) is 5.82 Å². The third kappa shape index (κ3) is 6.83. The van der Waals surface area contributed by atoms with Crippen molar-refractivity contribution in [3.63, 3.8) is 0 Å². The summed E-state index contributed by atoms with van der Waals surface area (Å²) < 4.78 is 23.7. The molecule has 0 fully saturated rings. The van der Waals surface area contributed by atoms with Gasteiger partial charge in [-0.2, -0.15) is 0 Å². The van der Waals surface area contributed by atoms with Crippen molar-refractivity contribution in [2.45, 2.75) is 12.6 Å². The molecule has 0 bridgehead atoms. The van der Waals surface area contributed by atoms with Crippen LogP contribution in [-0.4, -0.2) is 45.7 Å². The van der Waals surface area contributed by atoms with Gasteiger partial charge in [0.15, 0.2) is 17.5 Å². The van der Waals surface area contributed by atoms with E-state index in [9.17, 15) is 4.39 Å². The molecule has 0 amide bonds. The molecule has 0 aromatic heterocycles. The van der Waals surface area contributed by atoms with Gasteiger partial charge in [0.1, 0.15) is 5.82 Å². The highest BCUT2D eigenvalue weighted by Gasteiger charge is 2.14. The predicted molar refractivity (Wildman–Crippen MR) is 121 cm³/mol. The average Bonchev–Trinajstić information content (AvgIpc) is 2.67. The molecule has 0 aliphatic heterocycles. The first kappa shape index (κ1) is 24.0. The van der Waals surface area contributed by atoms with E-state index in [-0.39, 0.29) is 35.8 Å². The van der Waals surface area contributed by atoms with E-state index >= 15 is 0 Å². The number of ether oxygens (including phenoxy) is 2. The van der Waals surface area contributed by atoms with Crippen molar-refractivity contribution >= 4 is 29.9 Å². The summed E-state index contributed by atoms with van der Waals surface area (Å²) in [4.78, 5) is 6.42. The number of aliphatic imine (C=N–C) groups is 1. The Morgan fingerprint density at radius 3 is 2.32 bits per heavy atom. The maximum Gasteiger partial charge on any atom is 0.188 e. The van der Waals surface area contributed by atoms with Crippen LogP contribution >= 0.6 is 24.0 Å². The van der Waals surface area contributed by atoms with E-state index in [0.717, 1.165) is 11.1 Å². The monoisotopic (exact) mass is 502 g/mol. The molecule has 2 aromatic rings. The number of halogens is 2. The summed E-state index contributed by atoms with van der Waals surface area (Å²) in [6, 6.07) is 12.1. The summed E-state index contributed by atoms with van der Waals surface area (Å²) in [7, 11) is 7.12. The van der Waals surface area contributed by atoms with Crippen LogP contribution in [0.4, 0.5) is 4.39 Å². The number of nitrogens with one attached hydrogen (secondary N) is 1.